The largest absolute Gasteiger partial charge is 0.371 e. The quantitative estimate of drug-likeness (QED) is 0.811. The fourth-order valence-electron chi connectivity index (χ4n) is 4.57. The first kappa shape index (κ1) is 19.9. The summed E-state index contributed by atoms with van der Waals surface area (Å²) in [6, 6.07) is 17.2. The van der Waals surface area contributed by atoms with E-state index < -0.39 is 0 Å². The highest BCUT2D eigenvalue weighted by Crippen LogP contribution is 2.24. The molecule has 154 valence electrons. The zero-order valence-electron chi connectivity index (χ0n) is 16.9. The van der Waals surface area contributed by atoms with Crippen LogP contribution < -0.4 is 10.2 Å². The van der Waals surface area contributed by atoms with E-state index in [1.807, 2.05) is 12.1 Å². The summed E-state index contributed by atoms with van der Waals surface area (Å²) in [7, 11) is 0. The van der Waals surface area contributed by atoms with Crippen molar-refractivity contribution < 1.29 is 9.18 Å². The first-order valence-corrected chi connectivity index (χ1v) is 10.7. The molecule has 1 amide bonds. The van der Waals surface area contributed by atoms with Crippen LogP contribution in [0.3, 0.4) is 0 Å². The van der Waals surface area contributed by atoms with Gasteiger partial charge in [-0.05, 0) is 61.6 Å². The number of carbonyl (C=O) groups is 1. The molecule has 4 nitrogen and oxygen atoms in total. The third kappa shape index (κ3) is 5.36. The minimum Gasteiger partial charge on any atom is -0.371 e. The van der Waals surface area contributed by atoms with Gasteiger partial charge in [0.15, 0.2) is 0 Å². The number of likely N-dealkylation sites (tertiary alicyclic amines) is 1. The summed E-state index contributed by atoms with van der Waals surface area (Å²) in [5.41, 5.74) is 2.24. The Morgan fingerprint density at radius 2 is 1.90 bits per heavy atom. The molecule has 0 bridgehead atoms. The molecular formula is C24H30FN3O. The predicted molar refractivity (Wildman–Crippen MR) is 114 cm³/mol. The van der Waals surface area contributed by atoms with Crippen LogP contribution in [0, 0.1) is 17.7 Å². The Kier molecular flexibility index (Phi) is 6.45. The lowest BCUT2D eigenvalue weighted by molar-refractivity contribution is -0.126. The number of benzene rings is 2. The molecule has 0 saturated carbocycles. The molecule has 2 aliphatic heterocycles. The first-order chi connectivity index (χ1) is 14.2. The van der Waals surface area contributed by atoms with Gasteiger partial charge in [0.25, 0.3) is 0 Å². The topological polar surface area (TPSA) is 35.6 Å². The van der Waals surface area contributed by atoms with Gasteiger partial charge in [0.1, 0.15) is 5.82 Å². The summed E-state index contributed by atoms with van der Waals surface area (Å²) in [5.74, 6) is 0.511. The van der Waals surface area contributed by atoms with Crippen molar-refractivity contribution in [1.82, 2.24) is 10.2 Å². The van der Waals surface area contributed by atoms with Gasteiger partial charge in [-0.25, -0.2) is 4.39 Å². The van der Waals surface area contributed by atoms with Crippen molar-refractivity contribution in [3.63, 3.8) is 0 Å². The van der Waals surface area contributed by atoms with Gasteiger partial charge in [-0.15, -0.1) is 0 Å². The van der Waals surface area contributed by atoms with Crippen LogP contribution in [-0.2, 0) is 11.3 Å². The van der Waals surface area contributed by atoms with Crippen LogP contribution in [0.1, 0.15) is 24.8 Å². The third-order valence-electron chi connectivity index (χ3n) is 6.14. The van der Waals surface area contributed by atoms with E-state index in [-0.39, 0.29) is 17.6 Å². The molecule has 1 N–H and O–H groups in total. The maximum atomic E-state index is 13.4. The lowest BCUT2D eigenvalue weighted by Gasteiger charge is -2.32. The van der Waals surface area contributed by atoms with Crippen molar-refractivity contribution >= 4 is 11.6 Å². The standard InChI is InChI=1S/C24H30FN3O/c25-22-8-4-6-19(14-22)16-27-12-5-7-21(18-27)24(29)26-15-20-11-13-28(17-20)23-9-2-1-3-10-23/h1-4,6,8-10,14,20-21H,5,7,11-13,15-18H2,(H,26,29)/t20-,21-/m1/s1. The predicted octanol–water partition coefficient (Wildman–Crippen LogP) is 3.68. The van der Waals surface area contributed by atoms with Crippen LogP contribution in [0.25, 0.3) is 0 Å². The Morgan fingerprint density at radius 3 is 2.72 bits per heavy atom. The maximum absolute atomic E-state index is 13.4. The van der Waals surface area contributed by atoms with Crippen molar-refractivity contribution in [2.24, 2.45) is 11.8 Å². The average Bonchev–Trinajstić information content (AvgIpc) is 3.22. The second-order valence-electron chi connectivity index (χ2n) is 8.39. The Morgan fingerprint density at radius 1 is 1.03 bits per heavy atom. The van der Waals surface area contributed by atoms with Crippen LogP contribution in [0.15, 0.2) is 54.6 Å². The normalized spacial score (nSPS) is 22.6. The van der Waals surface area contributed by atoms with Gasteiger partial charge >= 0.3 is 0 Å². The molecule has 5 heteroatoms. The number of halogens is 1. The lowest BCUT2D eigenvalue weighted by atomic mass is 9.96. The summed E-state index contributed by atoms with van der Waals surface area (Å²) in [5, 5.41) is 3.21. The third-order valence-corrected chi connectivity index (χ3v) is 6.14. The molecule has 2 fully saturated rings. The molecule has 0 unspecified atom stereocenters. The summed E-state index contributed by atoms with van der Waals surface area (Å²) in [6.45, 7) is 5.23. The summed E-state index contributed by atoms with van der Waals surface area (Å²) < 4.78 is 13.4. The summed E-state index contributed by atoms with van der Waals surface area (Å²) >= 11 is 0. The Bertz CT molecular complexity index is 813. The number of amides is 1. The van der Waals surface area contributed by atoms with Crippen LogP contribution in [0.2, 0.25) is 0 Å². The molecule has 29 heavy (non-hydrogen) atoms. The number of para-hydroxylation sites is 1. The van der Waals surface area contributed by atoms with Gasteiger partial charge < -0.3 is 10.2 Å². The number of hydrogen-bond acceptors (Lipinski definition) is 3. The van der Waals surface area contributed by atoms with Crippen molar-refractivity contribution in [2.45, 2.75) is 25.8 Å². The van der Waals surface area contributed by atoms with Crippen LogP contribution in [0.4, 0.5) is 10.1 Å². The van der Waals surface area contributed by atoms with Gasteiger partial charge in [0, 0.05) is 38.4 Å². The molecule has 0 radical (unpaired) electrons. The zero-order valence-corrected chi connectivity index (χ0v) is 16.9. The second kappa shape index (κ2) is 9.40. The summed E-state index contributed by atoms with van der Waals surface area (Å²) in [4.78, 5) is 17.4. The zero-order chi connectivity index (χ0) is 20.1. The van der Waals surface area contributed by atoms with Gasteiger partial charge in [0.05, 0.1) is 5.92 Å². The van der Waals surface area contributed by atoms with Crippen molar-refractivity contribution in [2.75, 3.05) is 37.6 Å². The molecule has 4 rings (SSSR count). The van der Waals surface area contributed by atoms with E-state index in [9.17, 15) is 9.18 Å². The Labute approximate surface area is 172 Å². The van der Waals surface area contributed by atoms with E-state index in [4.69, 9.17) is 0 Å². The molecule has 0 aromatic heterocycles. The number of nitrogens with zero attached hydrogens (tertiary/aromatic N) is 2. The molecule has 0 spiro atoms. The minimum absolute atomic E-state index is 0.0314. The fourth-order valence-corrected chi connectivity index (χ4v) is 4.57. The van der Waals surface area contributed by atoms with Crippen molar-refractivity contribution in [1.29, 1.82) is 0 Å². The van der Waals surface area contributed by atoms with E-state index in [1.165, 1.54) is 11.8 Å². The second-order valence-corrected chi connectivity index (χ2v) is 8.39. The van der Waals surface area contributed by atoms with Gasteiger partial charge in [0.2, 0.25) is 5.91 Å². The van der Waals surface area contributed by atoms with Crippen LogP contribution >= 0.6 is 0 Å². The van der Waals surface area contributed by atoms with E-state index in [1.54, 1.807) is 12.1 Å². The van der Waals surface area contributed by atoms with Gasteiger partial charge in [-0.3, -0.25) is 9.69 Å². The molecule has 2 heterocycles. The fraction of sp³-hybridized carbons (Fsp3) is 0.458. The monoisotopic (exact) mass is 395 g/mol. The highest BCUT2D eigenvalue weighted by molar-refractivity contribution is 5.79. The van der Waals surface area contributed by atoms with Crippen LogP contribution in [-0.4, -0.2) is 43.5 Å². The molecule has 2 aromatic carbocycles. The molecule has 2 atom stereocenters. The van der Waals surface area contributed by atoms with E-state index in [2.05, 4.69) is 39.4 Å². The SMILES string of the molecule is O=C(NC[C@H]1CCN(c2ccccc2)C1)[C@@H]1CCCN(Cc2cccc(F)c2)C1. The maximum Gasteiger partial charge on any atom is 0.224 e. The molecular weight excluding hydrogens is 365 g/mol. The lowest BCUT2D eigenvalue weighted by Crippen LogP contribution is -2.44. The smallest absolute Gasteiger partial charge is 0.224 e. The number of nitrogens with one attached hydrogen (secondary N) is 1. The highest BCUT2D eigenvalue weighted by Gasteiger charge is 2.28. The first-order valence-electron chi connectivity index (χ1n) is 10.7. The van der Waals surface area contributed by atoms with Crippen molar-refractivity contribution in [3.8, 4) is 0 Å². The Balaban J connectivity index is 1.23. The van der Waals surface area contributed by atoms with E-state index in [0.717, 1.165) is 57.5 Å². The number of anilines is 1. The molecule has 2 aliphatic rings. The van der Waals surface area contributed by atoms with E-state index in [0.29, 0.717) is 12.5 Å². The summed E-state index contributed by atoms with van der Waals surface area (Å²) in [6.07, 6.45) is 3.07. The van der Waals surface area contributed by atoms with Gasteiger partial charge in [-0.2, -0.15) is 0 Å². The average molecular weight is 396 g/mol. The molecule has 2 aromatic rings. The molecule has 2 saturated heterocycles. The molecule has 0 aliphatic carbocycles. The number of rotatable bonds is 6. The van der Waals surface area contributed by atoms with Gasteiger partial charge in [-0.1, -0.05) is 30.3 Å². The highest BCUT2D eigenvalue weighted by atomic mass is 19.1. The van der Waals surface area contributed by atoms with E-state index >= 15 is 0 Å². The number of hydrogen-bond donors (Lipinski definition) is 1. The minimum atomic E-state index is -0.199. The number of piperidine rings is 1. The van der Waals surface area contributed by atoms with Crippen LogP contribution in [0.5, 0.6) is 0 Å². The van der Waals surface area contributed by atoms with Crippen molar-refractivity contribution in [3.05, 3.63) is 66.0 Å². The number of carbonyl (C=O) groups excluding carboxylic acids is 1. The Hall–Kier alpha value is -2.40.